The van der Waals surface area contributed by atoms with E-state index < -0.39 is 0 Å². The normalized spacial score (nSPS) is 20.1. The van der Waals surface area contributed by atoms with Crippen molar-refractivity contribution in [2.24, 2.45) is 0 Å². The number of rotatable bonds is 5. The molecule has 1 amide bonds. The molecule has 2 atom stereocenters. The summed E-state index contributed by atoms with van der Waals surface area (Å²) in [7, 11) is 0. The van der Waals surface area contributed by atoms with Crippen molar-refractivity contribution < 1.29 is 13.9 Å². The van der Waals surface area contributed by atoms with Crippen LogP contribution in [0.5, 0.6) is 0 Å². The van der Waals surface area contributed by atoms with Crippen molar-refractivity contribution in [3.05, 3.63) is 36.7 Å². The summed E-state index contributed by atoms with van der Waals surface area (Å²) in [5, 5.41) is 8.14. The SMILES string of the molecule is CC1CN(c2ncnc3c2cnn3CCNC(=O)c2ccco2)CC(C)O1. The number of aromatic nitrogens is 4. The van der Waals surface area contributed by atoms with Crippen molar-refractivity contribution in [1.29, 1.82) is 0 Å². The lowest BCUT2D eigenvalue weighted by molar-refractivity contribution is -0.00537. The Morgan fingerprint density at radius 3 is 2.85 bits per heavy atom. The molecule has 1 N–H and O–H groups in total. The van der Waals surface area contributed by atoms with Crippen molar-refractivity contribution in [3.63, 3.8) is 0 Å². The van der Waals surface area contributed by atoms with E-state index in [-0.39, 0.29) is 18.1 Å². The number of fused-ring (bicyclic) bond motifs is 1. The quantitative estimate of drug-likeness (QED) is 0.726. The maximum absolute atomic E-state index is 11.9. The second-order valence-electron chi connectivity index (χ2n) is 6.70. The summed E-state index contributed by atoms with van der Waals surface area (Å²) in [6.07, 6.45) is 5.10. The zero-order valence-corrected chi connectivity index (χ0v) is 15.3. The van der Waals surface area contributed by atoms with E-state index in [2.05, 4.69) is 39.1 Å². The minimum atomic E-state index is -0.247. The van der Waals surface area contributed by atoms with E-state index in [4.69, 9.17) is 9.15 Å². The van der Waals surface area contributed by atoms with Crippen LogP contribution in [0, 0.1) is 0 Å². The number of furan rings is 1. The second kappa shape index (κ2) is 7.36. The van der Waals surface area contributed by atoms with E-state index >= 15 is 0 Å². The smallest absolute Gasteiger partial charge is 0.287 e. The molecule has 2 unspecified atom stereocenters. The van der Waals surface area contributed by atoms with Crippen LogP contribution in [-0.4, -0.2) is 57.5 Å². The van der Waals surface area contributed by atoms with Crippen molar-refractivity contribution in [1.82, 2.24) is 25.1 Å². The number of nitrogens with one attached hydrogen (secondary N) is 1. The van der Waals surface area contributed by atoms with E-state index in [1.54, 1.807) is 29.3 Å². The van der Waals surface area contributed by atoms with Gasteiger partial charge < -0.3 is 19.4 Å². The lowest BCUT2D eigenvalue weighted by Gasteiger charge is -2.36. The fraction of sp³-hybridized carbons (Fsp3) is 0.444. The number of amides is 1. The van der Waals surface area contributed by atoms with Crippen LogP contribution in [0.15, 0.2) is 35.3 Å². The molecule has 0 radical (unpaired) electrons. The van der Waals surface area contributed by atoms with Gasteiger partial charge in [0, 0.05) is 19.6 Å². The molecule has 0 aromatic carbocycles. The van der Waals surface area contributed by atoms with Gasteiger partial charge in [-0.25, -0.2) is 14.6 Å². The van der Waals surface area contributed by atoms with Gasteiger partial charge in [0.1, 0.15) is 12.1 Å². The molecular weight excluding hydrogens is 348 g/mol. The molecule has 1 fully saturated rings. The highest BCUT2D eigenvalue weighted by atomic mass is 16.5. The third-order valence-corrected chi connectivity index (χ3v) is 4.49. The highest BCUT2D eigenvalue weighted by molar-refractivity contribution is 5.91. The number of carbonyl (C=O) groups is 1. The molecule has 0 bridgehead atoms. The Balaban J connectivity index is 1.48. The van der Waals surface area contributed by atoms with Crippen LogP contribution in [0.2, 0.25) is 0 Å². The molecule has 27 heavy (non-hydrogen) atoms. The average Bonchev–Trinajstić information content (AvgIpc) is 3.30. The number of nitrogens with zero attached hydrogens (tertiary/aromatic N) is 5. The predicted octanol–water partition coefficient (Wildman–Crippen LogP) is 1.46. The molecule has 0 spiro atoms. The number of carbonyl (C=O) groups excluding carboxylic acids is 1. The minimum absolute atomic E-state index is 0.144. The van der Waals surface area contributed by atoms with Gasteiger partial charge in [0.05, 0.1) is 36.6 Å². The predicted molar refractivity (Wildman–Crippen MR) is 98.6 cm³/mol. The lowest BCUT2D eigenvalue weighted by atomic mass is 10.2. The van der Waals surface area contributed by atoms with Gasteiger partial charge in [-0.3, -0.25) is 4.79 Å². The molecule has 1 saturated heterocycles. The average molecular weight is 370 g/mol. The zero-order valence-electron chi connectivity index (χ0n) is 15.3. The summed E-state index contributed by atoms with van der Waals surface area (Å²) < 4.78 is 12.7. The highest BCUT2D eigenvalue weighted by Gasteiger charge is 2.25. The van der Waals surface area contributed by atoms with Crippen LogP contribution in [0.25, 0.3) is 11.0 Å². The number of anilines is 1. The third-order valence-electron chi connectivity index (χ3n) is 4.49. The molecule has 0 saturated carbocycles. The molecule has 142 valence electrons. The second-order valence-corrected chi connectivity index (χ2v) is 6.70. The van der Waals surface area contributed by atoms with Gasteiger partial charge in [-0.05, 0) is 26.0 Å². The first kappa shape index (κ1) is 17.5. The Kier molecular flexibility index (Phi) is 4.76. The van der Waals surface area contributed by atoms with Crippen LogP contribution < -0.4 is 10.2 Å². The summed E-state index contributed by atoms with van der Waals surface area (Å²) in [5.74, 6) is 0.913. The van der Waals surface area contributed by atoms with Gasteiger partial charge in [-0.2, -0.15) is 5.10 Å². The molecule has 0 aliphatic carbocycles. The molecule has 9 heteroatoms. The van der Waals surface area contributed by atoms with Gasteiger partial charge in [0.15, 0.2) is 11.4 Å². The zero-order chi connectivity index (χ0) is 18.8. The van der Waals surface area contributed by atoms with Gasteiger partial charge in [-0.1, -0.05) is 0 Å². The Labute approximate surface area is 156 Å². The van der Waals surface area contributed by atoms with E-state index in [9.17, 15) is 4.79 Å². The van der Waals surface area contributed by atoms with Crippen LogP contribution >= 0.6 is 0 Å². The molecular formula is C18H22N6O3. The highest BCUT2D eigenvalue weighted by Crippen LogP contribution is 2.25. The first-order valence-corrected chi connectivity index (χ1v) is 9.00. The van der Waals surface area contributed by atoms with E-state index in [0.717, 1.165) is 29.9 Å². The van der Waals surface area contributed by atoms with Crippen LogP contribution in [0.1, 0.15) is 24.4 Å². The Hall–Kier alpha value is -2.94. The third kappa shape index (κ3) is 3.63. The molecule has 4 rings (SSSR count). The molecule has 9 nitrogen and oxygen atoms in total. The van der Waals surface area contributed by atoms with E-state index in [1.807, 2.05) is 0 Å². The standard InChI is InChI=1S/C18H22N6O3/c1-12-9-23(10-13(2)27-12)16-14-8-22-24(17(14)21-11-20-16)6-5-19-18(25)15-4-3-7-26-15/h3-4,7-8,11-13H,5-6,9-10H2,1-2H3,(H,19,25). The molecule has 1 aliphatic heterocycles. The number of ether oxygens (including phenoxy) is 1. The topological polar surface area (TPSA) is 98.3 Å². The van der Waals surface area contributed by atoms with Gasteiger partial charge >= 0.3 is 0 Å². The molecule has 4 heterocycles. The lowest BCUT2D eigenvalue weighted by Crippen LogP contribution is -2.45. The first-order chi connectivity index (χ1) is 13.1. The summed E-state index contributed by atoms with van der Waals surface area (Å²) in [4.78, 5) is 23.0. The van der Waals surface area contributed by atoms with Gasteiger partial charge in [0.2, 0.25) is 0 Å². The van der Waals surface area contributed by atoms with Crippen LogP contribution in [-0.2, 0) is 11.3 Å². The van der Waals surface area contributed by atoms with E-state index in [0.29, 0.717) is 18.8 Å². The molecule has 1 aliphatic rings. The van der Waals surface area contributed by atoms with Crippen molar-refractivity contribution in [2.75, 3.05) is 24.5 Å². The number of hydrogen-bond donors (Lipinski definition) is 1. The summed E-state index contributed by atoms with van der Waals surface area (Å²) in [6, 6.07) is 3.31. The van der Waals surface area contributed by atoms with Crippen molar-refractivity contribution in [3.8, 4) is 0 Å². The number of morpholine rings is 1. The van der Waals surface area contributed by atoms with E-state index in [1.165, 1.54) is 6.26 Å². The fourth-order valence-electron chi connectivity index (χ4n) is 3.42. The van der Waals surface area contributed by atoms with Crippen molar-refractivity contribution in [2.45, 2.75) is 32.6 Å². The maximum atomic E-state index is 11.9. The largest absolute Gasteiger partial charge is 0.459 e. The summed E-state index contributed by atoms with van der Waals surface area (Å²) >= 11 is 0. The molecule has 3 aromatic heterocycles. The Morgan fingerprint density at radius 2 is 2.11 bits per heavy atom. The maximum Gasteiger partial charge on any atom is 0.287 e. The molecule has 3 aromatic rings. The van der Waals surface area contributed by atoms with Crippen LogP contribution in [0.3, 0.4) is 0 Å². The van der Waals surface area contributed by atoms with Gasteiger partial charge in [-0.15, -0.1) is 0 Å². The van der Waals surface area contributed by atoms with Crippen LogP contribution in [0.4, 0.5) is 5.82 Å². The minimum Gasteiger partial charge on any atom is -0.459 e. The summed E-state index contributed by atoms with van der Waals surface area (Å²) in [5.41, 5.74) is 0.749. The Morgan fingerprint density at radius 1 is 1.30 bits per heavy atom. The monoisotopic (exact) mass is 370 g/mol. The summed E-state index contributed by atoms with van der Waals surface area (Å²) in [6.45, 7) is 6.60. The number of hydrogen-bond acceptors (Lipinski definition) is 7. The van der Waals surface area contributed by atoms with Gasteiger partial charge in [0.25, 0.3) is 5.91 Å². The fourth-order valence-corrected chi connectivity index (χ4v) is 3.42. The van der Waals surface area contributed by atoms with Crippen molar-refractivity contribution >= 4 is 22.8 Å². The Bertz CT molecular complexity index is 912. The first-order valence-electron chi connectivity index (χ1n) is 9.00.